The monoisotopic (exact) mass is 300 g/mol. The Morgan fingerprint density at radius 3 is 2.70 bits per heavy atom. The molecule has 3 N–H and O–H groups in total. The molecule has 1 aliphatic rings. The van der Waals surface area contributed by atoms with Crippen molar-refractivity contribution in [1.29, 1.82) is 0 Å². The molecule has 20 heavy (non-hydrogen) atoms. The Balaban J connectivity index is 2.23. The number of carbonyl (C=O) groups excluding carboxylic acids is 1. The van der Waals surface area contributed by atoms with Crippen LogP contribution in [0, 0.1) is 11.8 Å². The van der Waals surface area contributed by atoms with E-state index in [1.165, 1.54) is 12.2 Å². The van der Waals surface area contributed by atoms with Crippen LogP contribution in [0.5, 0.6) is 0 Å². The van der Waals surface area contributed by atoms with Crippen molar-refractivity contribution in [2.45, 2.75) is 70.6 Å². The maximum Gasteiger partial charge on any atom is 0.220 e. The SMILES string of the molecule is CCSC1CCC(NC(=O)CCC(CCN)C(C)C)C1. The van der Waals surface area contributed by atoms with E-state index in [9.17, 15) is 4.79 Å². The molecule has 0 aromatic carbocycles. The smallest absolute Gasteiger partial charge is 0.220 e. The zero-order valence-corrected chi connectivity index (χ0v) is 14.2. The molecule has 1 amide bonds. The number of hydrogen-bond donors (Lipinski definition) is 2. The molecule has 0 radical (unpaired) electrons. The summed E-state index contributed by atoms with van der Waals surface area (Å²) >= 11 is 2.03. The van der Waals surface area contributed by atoms with Crippen LogP contribution < -0.4 is 11.1 Å². The Bertz CT molecular complexity index is 284. The second-order valence-corrected chi connectivity index (χ2v) is 7.85. The number of carbonyl (C=O) groups is 1. The topological polar surface area (TPSA) is 55.1 Å². The molecule has 118 valence electrons. The van der Waals surface area contributed by atoms with Gasteiger partial charge in [-0.3, -0.25) is 4.79 Å². The van der Waals surface area contributed by atoms with Crippen LogP contribution in [-0.2, 0) is 4.79 Å². The summed E-state index contributed by atoms with van der Waals surface area (Å²) in [7, 11) is 0. The van der Waals surface area contributed by atoms with E-state index in [1.807, 2.05) is 11.8 Å². The van der Waals surface area contributed by atoms with Crippen molar-refractivity contribution < 1.29 is 4.79 Å². The van der Waals surface area contributed by atoms with Gasteiger partial charge in [0, 0.05) is 17.7 Å². The number of hydrogen-bond acceptors (Lipinski definition) is 3. The average Bonchev–Trinajstić information content (AvgIpc) is 2.82. The number of rotatable bonds is 9. The third-order valence-corrected chi connectivity index (χ3v) is 5.61. The normalized spacial score (nSPS) is 24.1. The van der Waals surface area contributed by atoms with Crippen molar-refractivity contribution in [3.63, 3.8) is 0 Å². The molecule has 1 saturated carbocycles. The number of thioether (sulfide) groups is 1. The summed E-state index contributed by atoms with van der Waals surface area (Å²) in [5.41, 5.74) is 5.65. The highest BCUT2D eigenvalue weighted by Gasteiger charge is 2.25. The third kappa shape index (κ3) is 6.49. The quantitative estimate of drug-likeness (QED) is 0.687. The van der Waals surface area contributed by atoms with Gasteiger partial charge in [-0.2, -0.15) is 11.8 Å². The molecule has 0 aromatic heterocycles. The van der Waals surface area contributed by atoms with E-state index in [2.05, 4.69) is 26.1 Å². The zero-order valence-electron chi connectivity index (χ0n) is 13.4. The van der Waals surface area contributed by atoms with Crippen LogP contribution in [0.1, 0.15) is 59.3 Å². The molecule has 1 aliphatic carbocycles. The summed E-state index contributed by atoms with van der Waals surface area (Å²) in [6, 6.07) is 0.415. The van der Waals surface area contributed by atoms with Crippen LogP contribution in [0.3, 0.4) is 0 Å². The van der Waals surface area contributed by atoms with Gasteiger partial charge in [-0.25, -0.2) is 0 Å². The van der Waals surface area contributed by atoms with Gasteiger partial charge in [-0.1, -0.05) is 20.8 Å². The highest BCUT2D eigenvalue weighted by molar-refractivity contribution is 7.99. The van der Waals surface area contributed by atoms with Crippen LogP contribution in [0.15, 0.2) is 0 Å². The van der Waals surface area contributed by atoms with Crippen molar-refractivity contribution >= 4 is 17.7 Å². The second kappa shape index (κ2) is 9.67. The Morgan fingerprint density at radius 2 is 2.10 bits per heavy atom. The maximum absolute atomic E-state index is 12.0. The number of nitrogens with two attached hydrogens (primary N) is 1. The summed E-state index contributed by atoms with van der Waals surface area (Å²) in [4.78, 5) is 12.0. The lowest BCUT2D eigenvalue weighted by atomic mass is 9.88. The molecular weight excluding hydrogens is 268 g/mol. The van der Waals surface area contributed by atoms with E-state index in [0.717, 1.165) is 37.5 Å². The average molecular weight is 301 g/mol. The zero-order chi connectivity index (χ0) is 15.0. The molecule has 4 heteroatoms. The first kappa shape index (κ1) is 17.8. The van der Waals surface area contributed by atoms with Crippen LogP contribution >= 0.6 is 11.8 Å². The van der Waals surface area contributed by atoms with E-state index < -0.39 is 0 Å². The third-order valence-electron chi connectivity index (χ3n) is 4.37. The van der Waals surface area contributed by atoms with Crippen molar-refractivity contribution in [3.05, 3.63) is 0 Å². The van der Waals surface area contributed by atoms with Gasteiger partial charge < -0.3 is 11.1 Å². The van der Waals surface area contributed by atoms with E-state index in [1.54, 1.807) is 0 Å². The Kier molecular flexibility index (Phi) is 8.62. The second-order valence-electron chi connectivity index (χ2n) is 6.27. The first-order valence-corrected chi connectivity index (χ1v) is 9.22. The fraction of sp³-hybridized carbons (Fsp3) is 0.938. The minimum Gasteiger partial charge on any atom is -0.353 e. The Labute approximate surface area is 128 Å². The summed E-state index contributed by atoms with van der Waals surface area (Å²) in [5.74, 6) is 2.61. The van der Waals surface area contributed by atoms with Crippen LogP contribution in [-0.4, -0.2) is 29.5 Å². The van der Waals surface area contributed by atoms with Gasteiger partial charge in [0.15, 0.2) is 0 Å². The van der Waals surface area contributed by atoms with Crippen molar-refractivity contribution in [2.75, 3.05) is 12.3 Å². The lowest BCUT2D eigenvalue weighted by Crippen LogP contribution is -2.33. The fourth-order valence-electron chi connectivity index (χ4n) is 3.10. The van der Waals surface area contributed by atoms with Crippen molar-refractivity contribution in [3.8, 4) is 0 Å². The number of amides is 1. The van der Waals surface area contributed by atoms with Gasteiger partial charge in [0.2, 0.25) is 5.91 Å². The first-order chi connectivity index (χ1) is 9.56. The van der Waals surface area contributed by atoms with E-state index in [0.29, 0.717) is 24.3 Å². The van der Waals surface area contributed by atoms with Gasteiger partial charge in [0.05, 0.1) is 0 Å². The molecule has 0 saturated heterocycles. The standard InChI is InChI=1S/C16H32N2OS/c1-4-20-15-7-6-14(11-15)18-16(19)8-5-13(9-10-17)12(2)3/h12-15H,4-11,17H2,1-3H3,(H,18,19). The van der Waals surface area contributed by atoms with E-state index >= 15 is 0 Å². The van der Waals surface area contributed by atoms with Crippen LogP contribution in [0.2, 0.25) is 0 Å². The molecule has 0 bridgehead atoms. The van der Waals surface area contributed by atoms with Gasteiger partial charge >= 0.3 is 0 Å². The summed E-state index contributed by atoms with van der Waals surface area (Å²) < 4.78 is 0. The minimum atomic E-state index is 0.236. The lowest BCUT2D eigenvalue weighted by molar-refractivity contribution is -0.122. The van der Waals surface area contributed by atoms with Crippen molar-refractivity contribution in [1.82, 2.24) is 5.32 Å². The molecule has 3 atom stereocenters. The van der Waals surface area contributed by atoms with Crippen LogP contribution in [0.4, 0.5) is 0 Å². The van der Waals surface area contributed by atoms with Crippen molar-refractivity contribution in [2.24, 2.45) is 17.6 Å². The fourth-order valence-corrected chi connectivity index (χ4v) is 4.24. The molecular formula is C16H32N2OS. The summed E-state index contributed by atoms with van der Waals surface area (Å²) in [5, 5.41) is 3.98. The summed E-state index contributed by atoms with van der Waals surface area (Å²) in [6.45, 7) is 7.38. The largest absolute Gasteiger partial charge is 0.353 e. The number of nitrogens with one attached hydrogen (secondary N) is 1. The molecule has 0 heterocycles. The molecule has 0 aromatic rings. The highest BCUT2D eigenvalue weighted by Crippen LogP contribution is 2.29. The maximum atomic E-state index is 12.0. The molecule has 1 rings (SSSR count). The molecule has 0 spiro atoms. The predicted octanol–water partition coefficient (Wildman–Crippen LogP) is 3.18. The Morgan fingerprint density at radius 1 is 1.35 bits per heavy atom. The lowest BCUT2D eigenvalue weighted by Gasteiger charge is -2.20. The molecule has 0 aliphatic heterocycles. The summed E-state index contributed by atoms with van der Waals surface area (Å²) in [6.07, 6.45) is 6.22. The van der Waals surface area contributed by atoms with Gasteiger partial charge in [0.25, 0.3) is 0 Å². The molecule has 1 fully saturated rings. The van der Waals surface area contributed by atoms with E-state index in [4.69, 9.17) is 5.73 Å². The first-order valence-electron chi connectivity index (χ1n) is 8.17. The predicted molar refractivity (Wildman–Crippen MR) is 88.9 cm³/mol. The highest BCUT2D eigenvalue weighted by atomic mass is 32.2. The molecule has 3 unspecified atom stereocenters. The van der Waals surface area contributed by atoms with Crippen LogP contribution in [0.25, 0.3) is 0 Å². The molecule has 3 nitrogen and oxygen atoms in total. The minimum absolute atomic E-state index is 0.236. The van der Waals surface area contributed by atoms with Gasteiger partial charge in [-0.15, -0.1) is 0 Å². The van der Waals surface area contributed by atoms with E-state index in [-0.39, 0.29) is 5.91 Å². The Hall–Kier alpha value is -0.220. The van der Waals surface area contributed by atoms with Gasteiger partial charge in [0.1, 0.15) is 0 Å². The van der Waals surface area contributed by atoms with Gasteiger partial charge in [-0.05, 0) is 56.2 Å².